The van der Waals surface area contributed by atoms with Crippen molar-refractivity contribution in [2.24, 2.45) is 10.9 Å². The van der Waals surface area contributed by atoms with Gasteiger partial charge in [0.25, 0.3) is 5.91 Å². The lowest BCUT2D eigenvalue weighted by atomic mass is 10.1. The van der Waals surface area contributed by atoms with Crippen molar-refractivity contribution in [3.63, 3.8) is 0 Å². The fourth-order valence-electron chi connectivity index (χ4n) is 2.02. The maximum absolute atomic E-state index is 12.4. The van der Waals surface area contributed by atoms with Crippen LogP contribution in [0.1, 0.15) is 21.5 Å². The number of amides is 1. The van der Waals surface area contributed by atoms with Crippen molar-refractivity contribution < 1.29 is 10.0 Å². The van der Waals surface area contributed by atoms with E-state index < -0.39 is 0 Å². The lowest BCUT2D eigenvalue weighted by molar-refractivity contribution is 0.0785. The van der Waals surface area contributed by atoms with Crippen LogP contribution >= 0.6 is 0 Å². The minimum Gasteiger partial charge on any atom is -0.409 e. The molecule has 21 heavy (non-hydrogen) atoms. The number of hydrogen-bond acceptors (Lipinski definition) is 3. The summed E-state index contributed by atoms with van der Waals surface area (Å²) >= 11 is 0. The molecule has 108 valence electrons. The van der Waals surface area contributed by atoms with Gasteiger partial charge in [-0.25, -0.2) is 0 Å². The normalized spacial score (nSPS) is 11.2. The maximum atomic E-state index is 12.4. The molecule has 0 aliphatic carbocycles. The van der Waals surface area contributed by atoms with Crippen LogP contribution in [-0.4, -0.2) is 28.9 Å². The molecule has 2 aromatic carbocycles. The third-order valence-corrected chi connectivity index (χ3v) is 3.12. The molecule has 2 aromatic rings. The van der Waals surface area contributed by atoms with Gasteiger partial charge in [0.05, 0.1) is 0 Å². The quantitative estimate of drug-likeness (QED) is 0.390. The Balaban J connectivity index is 2.16. The number of hydrogen-bond donors (Lipinski definition) is 2. The number of carbonyl (C=O) groups excluding carboxylic acids is 1. The highest BCUT2D eigenvalue weighted by Gasteiger charge is 2.13. The number of carbonyl (C=O) groups is 1. The Morgan fingerprint density at radius 3 is 2.48 bits per heavy atom. The van der Waals surface area contributed by atoms with Crippen LogP contribution in [0.5, 0.6) is 0 Å². The van der Waals surface area contributed by atoms with E-state index in [4.69, 9.17) is 10.9 Å². The second-order valence-corrected chi connectivity index (χ2v) is 4.71. The lowest BCUT2D eigenvalue weighted by Gasteiger charge is -2.17. The van der Waals surface area contributed by atoms with Crippen LogP contribution in [0, 0.1) is 0 Å². The van der Waals surface area contributed by atoms with Gasteiger partial charge in [-0.3, -0.25) is 4.79 Å². The van der Waals surface area contributed by atoms with E-state index in [-0.39, 0.29) is 11.7 Å². The molecule has 0 atom stereocenters. The van der Waals surface area contributed by atoms with E-state index in [1.807, 2.05) is 30.3 Å². The van der Waals surface area contributed by atoms with E-state index in [0.717, 1.165) is 5.56 Å². The van der Waals surface area contributed by atoms with Gasteiger partial charge in [0.1, 0.15) is 0 Å². The topological polar surface area (TPSA) is 78.9 Å². The van der Waals surface area contributed by atoms with E-state index in [1.54, 1.807) is 36.2 Å². The third-order valence-electron chi connectivity index (χ3n) is 3.12. The third kappa shape index (κ3) is 3.60. The fraction of sp³-hybridized carbons (Fsp3) is 0.125. The van der Waals surface area contributed by atoms with E-state index in [2.05, 4.69) is 5.16 Å². The molecule has 0 heterocycles. The zero-order chi connectivity index (χ0) is 15.2. The molecular weight excluding hydrogens is 266 g/mol. The first-order valence-corrected chi connectivity index (χ1v) is 6.49. The molecule has 0 saturated heterocycles. The number of nitrogens with zero attached hydrogens (tertiary/aromatic N) is 2. The Morgan fingerprint density at radius 1 is 1.14 bits per heavy atom. The Kier molecular flexibility index (Phi) is 4.56. The largest absolute Gasteiger partial charge is 0.409 e. The van der Waals surface area contributed by atoms with Gasteiger partial charge in [0, 0.05) is 24.7 Å². The highest BCUT2D eigenvalue weighted by molar-refractivity contribution is 6.01. The van der Waals surface area contributed by atoms with Gasteiger partial charge in [-0.1, -0.05) is 47.6 Å². The predicted octanol–water partition coefficient (Wildman–Crippen LogP) is 2.05. The number of rotatable bonds is 4. The molecule has 5 nitrogen and oxygen atoms in total. The summed E-state index contributed by atoms with van der Waals surface area (Å²) in [5.41, 5.74) is 7.60. The molecular formula is C16H17N3O2. The van der Waals surface area contributed by atoms with Gasteiger partial charge in [-0.05, 0) is 17.7 Å². The average Bonchev–Trinajstić information content (AvgIpc) is 2.54. The SMILES string of the molecule is CN(Cc1ccccc1)C(=O)c1cccc(/C(N)=N/O)c1. The first kappa shape index (κ1) is 14.6. The summed E-state index contributed by atoms with van der Waals surface area (Å²) in [7, 11) is 1.74. The van der Waals surface area contributed by atoms with Crippen molar-refractivity contribution in [3.8, 4) is 0 Å². The summed E-state index contributed by atoms with van der Waals surface area (Å²) in [6, 6.07) is 16.5. The van der Waals surface area contributed by atoms with Crippen molar-refractivity contribution in [1.82, 2.24) is 4.90 Å². The van der Waals surface area contributed by atoms with E-state index in [9.17, 15) is 4.79 Å². The molecule has 0 aliphatic rings. The number of amidine groups is 1. The Morgan fingerprint density at radius 2 is 1.81 bits per heavy atom. The maximum Gasteiger partial charge on any atom is 0.253 e. The summed E-state index contributed by atoms with van der Waals surface area (Å²) in [6.07, 6.45) is 0. The minimum absolute atomic E-state index is 0.0182. The second-order valence-electron chi connectivity index (χ2n) is 4.71. The van der Waals surface area contributed by atoms with Crippen LogP contribution in [0.4, 0.5) is 0 Å². The number of benzene rings is 2. The van der Waals surface area contributed by atoms with Crippen LogP contribution in [0.3, 0.4) is 0 Å². The van der Waals surface area contributed by atoms with Crippen LogP contribution in [-0.2, 0) is 6.54 Å². The van der Waals surface area contributed by atoms with Gasteiger partial charge in [0.2, 0.25) is 0 Å². The number of nitrogens with two attached hydrogens (primary N) is 1. The Labute approximate surface area is 123 Å². The molecule has 0 aromatic heterocycles. The Hall–Kier alpha value is -2.82. The second kappa shape index (κ2) is 6.56. The van der Waals surface area contributed by atoms with Gasteiger partial charge in [-0.2, -0.15) is 0 Å². The standard InChI is InChI=1S/C16H17N3O2/c1-19(11-12-6-3-2-4-7-12)16(20)14-9-5-8-13(10-14)15(17)18-21/h2-10,21H,11H2,1H3,(H2,17,18). The smallest absolute Gasteiger partial charge is 0.253 e. The van der Waals surface area contributed by atoms with Gasteiger partial charge in [-0.15, -0.1) is 0 Å². The first-order chi connectivity index (χ1) is 10.1. The highest BCUT2D eigenvalue weighted by atomic mass is 16.4. The van der Waals surface area contributed by atoms with Crippen LogP contribution in [0.25, 0.3) is 0 Å². The predicted molar refractivity (Wildman–Crippen MR) is 81.2 cm³/mol. The lowest BCUT2D eigenvalue weighted by Crippen LogP contribution is -2.26. The zero-order valence-electron chi connectivity index (χ0n) is 11.7. The van der Waals surface area contributed by atoms with Crippen LogP contribution in [0.2, 0.25) is 0 Å². The molecule has 5 heteroatoms. The fourth-order valence-corrected chi connectivity index (χ4v) is 2.02. The number of oxime groups is 1. The molecule has 1 amide bonds. The molecule has 2 rings (SSSR count). The van der Waals surface area contributed by atoms with Crippen LogP contribution in [0.15, 0.2) is 59.8 Å². The van der Waals surface area contributed by atoms with Gasteiger partial charge < -0.3 is 15.8 Å². The molecule has 0 saturated carbocycles. The van der Waals surface area contributed by atoms with Crippen molar-refractivity contribution >= 4 is 11.7 Å². The molecule has 0 spiro atoms. The van der Waals surface area contributed by atoms with Gasteiger partial charge >= 0.3 is 0 Å². The monoisotopic (exact) mass is 283 g/mol. The van der Waals surface area contributed by atoms with Crippen molar-refractivity contribution in [2.75, 3.05) is 7.05 Å². The zero-order valence-corrected chi connectivity index (χ0v) is 11.7. The molecule has 3 N–H and O–H groups in total. The van der Waals surface area contributed by atoms with E-state index in [1.165, 1.54) is 0 Å². The summed E-state index contributed by atoms with van der Waals surface area (Å²) in [5.74, 6) is -0.137. The summed E-state index contributed by atoms with van der Waals surface area (Å²) < 4.78 is 0. The van der Waals surface area contributed by atoms with Gasteiger partial charge in [0.15, 0.2) is 5.84 Å². The van der Waals surface area contributed by atoms with Crippen molar-refractivity contribution in [2.45, 2.75) is 6.54 Å². The summed E-state index contributed by atoms with van der Waals surface area (Å²) in [5, 5.41) is 11.6. The Bertz CT molecular complexity index is 654. The molecule has 0 bridgehead atoms. The summed E-state index contributed by atoms with van der Waals surface area (Å²) in [4.78, 5) is 14.0. The first-order valence-electron chi connectivity index (χ1n) is 6.49. The molecule has 0 aliphatic heterocycles. The molecule has 0 radical (unpaired) electrons. The molecule has 0 unspecified atom stereocenters. The van der Waals surface area contributed by atoms with Crippen molar-refractivity contribution in [1.29, 1.82) is 0 Å². The molecule has 0 fully saturated rings. The van der Waals surface area contributed by atoms with Crippen LogP contribution < -0.4 is 5.73 Å². The summed E-state index contributed by atoms with van der Waals surface area (Å²) in [6.45, 7) is 0.521. The average molecular weight is 283 g/mol. The van der Waals surface area contributed by atoms with Crippen molar-refractivity contribution in [3.05, 3.63) is 71.3 Å². The van der Waals surface area contributed by atoms with E-state index in [0.29, 0.717) is 17.7 Å². The highest BCUT2D eigenvalue weighted by Crippen LogP contribution is 2.10. The van der Waals surface area contributed by atoms with E-state index >= 15 is 0 Å². The minimum atomic E-state index is -0.119.